The molecular formula is C25H33ClN4O2. The van der Waals surface area contributed by atoms with E-state index in [1.165, 1.54) is 0 Å². The second-order valence-corrected chi connectivity index (χ2v) is 9.53. The van der Waals surface area contributed by atoms with Gasteiger partial charge in [0, 0.05) is 31.2 Å². The standard InChI is InChI=1S/C25H33ClN4O2/c1-18-15-22(7-8-23(18)24(31)30-11-3-5-19(30)2)32-14-4-6-20-9-12-29(13-10-20)25-27-16-21(26)17-28-25/h7-8,15-17,19-20H,3-6,9-14H2,1-2H3/t19-/m0/s1. The Bertz CT molecular complexity index is 913. The fourth-order valence-corrected chi connectivity index (χ4v) is 4.91. The number of halogens is 1. The summed E-state index contributed by atoms with van der Waals surface area (Å²) in [4.78, 5) is 25.7. The average Bonchev–Trinajstić information content (AvgIpc) is 3.23. The Balaban J connectivity index is 1.19. The van der Waals surface area contributed by atoms with Crippen molar-refractivity contribution in [3.05, 3.63) is 46.7 Å². The molecule has 1 aromatic heterocycles. The van der Waals surface area contributed by atoms with Gasteiger partial charge < -0.3 is 14.5 Å². The van der Waals surface area contributed by atoms with Gasteiger partial charge in [-0.15, -0.1) is 0 Å². The molecule has 3 heterocycles. The molecule has 1 amide bonds. The lowest BCUT2D eigenvalue weighted by molar-refractivity contribution is 0.0746. The number of amides is 1. The van der Waals surface area contributed by atoms with Crippen LogP contribution < -0.4 is 9.64 Å². The van der Waals surface area contributed by atoms with E-state index in [0.29, 0.717) is 23.6 Å². The Hall–Kier alpha value is -2.34. The SMILES string of the molecule is Cc1cc(OCCCC2CCN(c3ncc(Cl)cn3)CC2)ccc1C(=O)N1CCC[C@@H]1C. The summed E-state index contributed by atoms with van der Waals surface area (Å²) in [6, 6.07) is 6.19. The summed E-state index contributed by atoms with van der Waals surface area (Å²) in [5.41, 5.74) is 1.78. The van der Waals surface area contributed by atoms with Gasteiger partial charge in [-0.2, -0.15) is 0 Å². The minimum Gasteiger partial charge on any atom is -0.494 e. The van der Waals surface area contributed by atoms with Crippen LogP contribution in [0.5, 0.6) is 5.75 Å². The average molecular weight is 457 g/mol. The zero-order chi connectivity index (χ0) is 22.5. The molecular weight excluding hydrogens is 424 g/mol. The van der Waals surface area contributed by atoms with Crippen LogP contribution in [0.4, 0.5) is 5.95 Å². The molecule has 0 radical (unpaired) electrons. The summed E-state index contributed by atoms with van der Waals surface area (Å²) in [5, 5.41) is 0.571. The molecule has 6 nitrogen and oxygen atoms in total. The molecule has 0 unspecified atom stereocenters. The van der Waals surface area contributed by atoms with E-state index in [1.807, 2.05) is 30.0 Å². The maximum atomic E-state index is 12.8. The third-order valence-corrected chi connectivity index (χ3v) is 6.97. The van der Waals surface area contributed by atoms with Crippen LogP contribution in [0.2, 0.25) is 5.02 Å². The number of aryl methyl sites for hydroxylation is 1. The molecule has 2 fully saturated rings. The quantitative estimate of drug-likeness (QED) is 0.540. The van der Waals surface area contributed by atoms with Crippen LogP contribution in [-0.4, -0.2) is 53.1 Å². The molecule has 2 aliphatic rings. The number of carbonyl (C=O) groups excluding carboxylic acids is 1. The van der Waals surface area contributed by atoms with Crippen molar-refractivity contribution in [1.82, 2.24) is 14.9 Å². The van der Waals surface area contributed by atoms with E-state index in [-0.39, 0.29) is 5.91 Å². The van der Waals surface area contributed by atoms with Crippen LogP contribution in [0.1, 0.15) is 61.4 Å². The van der Waals surface area contributed by atoms with E-state index in [4.69, 9.17) is 16.3 Å². The predicted octanol–water partition coefficient (Wildman–Crippen LogP) is 5.14. The number of hydrogen-bond donors (Lipinski definition) is 0. The highest BCUT2D eigenvalue weighted by atomic mass is 35.5. The maximum Gasteiger partial charge on any atom is 0.254 e. The number of rotatable bonds is 7. The Morgan fingerprint density at radius 3 is 2.56 bits per heavy atom. The normalized spacial score (nSPS) is 19.4. The monoisotopic (exact) mass is 456 g/mol. The Labute approximate surface area is 195 Å². The topological polar surface area (TPSA) is 58.6 Å². The van der Waals surface area contributed by atoms with Gasteiger partial charge in [-0.1, -0.05) is 11.6 Å². The van der Waals surface area contributed by atoms with Crippen molar-refractivity contribution in [3.63, 3.8) is 0 Å². The molecule has 32 heavy (non-hydrogen) atoms. The van der Waals surface area contributed by atoms with Gasteiger partial charge >= 0.3 is 0 Å². The summed E-state index contributed by atoms with van der Waals surface area (Å²) < 4.78 is 5.99. The molecule has 0 spiro atoms. The van der Waals surface area contributed by atoms with Crippen molar-refractivity contribution < 1.29 is 9.53 Å². The largest absolute Gasteiger partial charge is 0.494 e. The second-order valence-electron chi connectivity index (χ2n) is 9.09. The highest BCUT2D eigenvalue weighted by Gasteiger charge is 2.27. The molecule has 2 aromatic rings. The molecule has 2 aliphatic heterocycles. The number of aromatic nitrogens is 2. The Morgan fingerprint density at radius 1 is 1.16 bits per heavy atom. The van der Waals surface area contributed by atoms with E-state index in [2.05, 4.69) is 21.8 Å². The molecule has 0 N–H and O–H groups in total. The number of piperidine rings is 1. The molecule has 1 aromatic carbocycles. The van der Waals surface area contributed by atoms with Crippen molar-refractivity contribution in [3.8, 4) is 5.75 Å². The van der Waals surface area contributed by atoms with Crippen LogP contribution in [0.3, 0.4) is 0 Å². The third-order valence-electron chi connectivity index (χ3n) is 6.77. The number of benzene rings is 1. The van der Waals surface area contributed by atoms with Crippen LogP contribution in [0.25, 0.3) is 0 Å². The van der Waals surface area contributed by atoms with E-state index in [0.717, 1.165) is 81.0 Å². The predicted molar refractivity (Wildman–Crippen MR) is 128 cm³/mol. The first-order valence-electron chi connectivity index (χ1n) is 11.8. The van der Waals surface area contributed by atoms with E-state index >= 15 is 0 Å². The summed E-state index contributed by atoms with van der Waals surface area (Å²) >= 11 is 5.88. The lowest BCUT2D eigenvalue weighted by Crippen LogP contribution is -2.34. The van der Waals surface area contributed by atoms with E-state index in [1.54, 1.807) is 12.4 Å². The molecule has 7 heteroatoms. The lowest BCUT2D eigenvalue weighted by atomic mass is 9.92. The number of anilines is 1. The first-order valence-corrected chi connectivity index (χ1v) is 12.2. The van der Waals surface area contributed by atoms with Crippen LogP contribution >= 0.6 is 11.6 Å². The molecule has 4 rings (SSSR count). The summed E-state index contributed by atoms with van der Waals surface area (Å²) in [5.74, 6) is 2.48. The number of likely N-dealkylation sites (tertiary alicyclic amines) is 1. The smallest absolute Gasteiger partial charge is 0.254 e. The minimum absolute atomic E-state index is 0.148. The van der Waals surface area contributed by atoms with Crippen molar-refractivity contribution in [2.24, 2.45) is 5.92 Å². The summed E-state index contributed by atoms with van der Waals surface area (Å²) in [7, 11) is 0. The van der Waals surface area contributed by atoms with Gasteiger partial charge in [0.2, 0.25) is 5.95 Å². The molecule has 2 saturated heterocycles. The summed E-state index contributed by atoms with van der Waals surface area (Å²) in [6.07, 6.45) is 10.0. The van der Waals surface area contributed by atoms with Crippen molar-refractivity contribution in [2.75, 3.05) is 31.1 Å². The first kappa shape index (κ1) is 22.8. The third kappa shape index (κ3) is 5.52. The van der Waals surface area contributed by atoms with E-state index < -0.39 is 0 Å². The zero-order valence-corrected chi connectivity index (χ0v) is 19.9. The molecule has 0 saturated carbocycles. The molecule has 0 bridgehead atoms. The van der Waals surface area contributed by atoms with Gasteiger partial charge in [-0.05, 0) is 82.1 Å². The Kier molecular flexibility index (Phi) is 7.51. The van der Waals surface area contributed by atoms with Crippen molar-refractivity contribution in [2.45, 2.75) is 58.4 Å². The minimum atomic E-state index is 0.148. The van der Waals surface area contributed by atoms with Gasteiger partial charge in [-0.3, -0.25) is 4.79 Å². The fraction of sp³-hybridized carbons (Fsp3) is 0.560. The van der Waals surface area contributed by atoms with Crippen LogP contribution in [0, 0.1) is 12.8 Å². The number of ether oxygens (including phenoxy) is 1. The number of hydrogen-bond acceptors (Lipinski definition) is 5. The van der Waals surface area contributed by atoms with Crippen molar-refractivity contribution >= 4 is 23.5 Å². The van der Waals surface area contributed by atoms with E-state index in [9.17, 15) is 4.79 Å². The second kappa shape index (κ2) is 10.5. The number of carbonyl (C=O) groups is 1. The van der Waals surface area contributed by atoms with Gasteiger partial charge in [0.1, 0.15) is 5.75 Å². The molecule has 0 aliphatic carbocycles. The van der Waals surface area contributed by atoms with Crippen LogP contribution in [-0.2, 0) is 0 Å². The van der Waals surface area contributed by atoms with Crippen molar-refractivity contribution in [1.29, 1.82) is 0 Å². The number of nitrogens with zero attached hydrogens (tertiary/aromatic N) is 4. The van der Waals surface area contributed by atoms with Gasteiger partial charge in [0.05, 0.1) is 24.0 Å². The first-order chi connectivity index (χ1) is 15.5. The Morgan fingerprint density at radius 2 is 1.91 bits per heavy atom. The highest BCUT2D eigenvalue weighted by molar-refractivity contribution is 6.30. The zero-order valence-electron chi connectivity index (χ0n) is 19.1. The fourth-order valence-electron chi connectivity index (χ4n) is 4.81. The van der Waals surface area contributed by atoms with Gasteiger partial charge in [0.15, 0.2) is 0 Å². The van der Waals surface area contributed by atoms with Gasteiger partial charge in [-0.25, -0.2) is 9.97 Å². The molecule has 172 valence electrons. The highest BCUT2D eigenvalue weighted by Crippen LogP contribution is 2.26. The summed E-state index contributed by atoms with van der Waals surface area (Å²) in [6.45, 7) is 7.67. The molecule has 1 atom stereocenters. The van der Waals surface area contributed by atoms with Gasteiger partial charge in [0.25, 0.3) is 5.91 Å². The van der Waals surface area contributed by atoms with Crippen LogP contribution in [0.15, 0.2) is 30.6 Å². The maximum absolute atomic E-state index is 12.8. The lowest BCUT2D eigenvalue weighted by Gasteiger charge is -2.32.